The van der Waals surface area contributed by atoms with E-state index in [1.807, 2.05) is 30.3 Å². The fourth-order valence-electron chi connectivity index (χ4n) is 4.56. The minimum absolute atomic E-state index is 0.275. The summed E-state index contributed by atoms with van der Waals surface area (Å²) in [5.41, 5.74) is 5.41. The topological polar surface area (TPSA) is 53.4 Å². The molecule has 1 N–H and O–H groups in total. The zero-order chi connectivity index (χ0) is 22.1. The number of aromatic nitrogens is 1. The van der Waals surface area contributed by atoms with Crippen LogP contribution in [0.1, 0.15) is 34.7 Å². The molecule has 3 aromatic carbocycles. The molecular weight excluding hydrogens is 420 g/mol. The number of halogens is 1. The minimum Gasteiger partial charge on any atom is -0.478 e. The molecule has 1 aliphatic heterocycles. The Morgan fingerprint density at radius 1 is 0.938 bits per heavy atom. The Morgan fingerprint density at radius 2 is 1.72 bits per heavy atom. The summed E-state index contributed by atoms with van der Waals surface area (Å²) in [4.78, 5) is 18.8. The highest BCUT2D eigenvalue weighted by atomic mass is 35.5. The molecule has 1 saturated heterocycles. The van der Waals surface area contributed by atoms with Crippen LogP contribution in [0.2, 0.25) is 5.02 Å². The van der Waals surface area contributed by atoms with Crippen LogP contribution in [0.4, 0.5) is 5.69 Å². The van der Waals surface area contributed by atoms with E-state index < -0.39 is 5.97 Å². The number of carboxylic acids is 1. The number of piperidine rings is 1. The number of hydrogen-bond donors (Lipinski definition) is 1. The van der Waals surface area contributed by atoms with Crippen molar-refractivity contribution in [1.29, 1.82) is 0 Å². The summed E-state index contributed by atoms with van der Waals surface area (Å²) in [7, 11) is 0. The monoisotopic (exact) mass is 442 g/mol. The SMILES string of the molecule is O=C(O)c1ccc2nc(-c3ccccc3)c(N3CCC(c4cccc(Cl)c4)CC3)cc2c1. The molecule has 0 unspecified atom stereocenters. The molecule has 0 radical (unpaired) electrons. The Hall–Kier alpha value is -3.37. The summed E-state index contributed by atoms with van der Waals surface area (Å²) >= 11 is 6.21. The van der Waals surface area contributed by atoms with Crippen LogP contribution in [0.5, 0.6) is 0 Å². The standard InChI is InChI=1S/C27H23ClN2O2/c28-23-8-4-7-20(16-23)18-11-13-30(14-12-18)25-17-22-15-21(27(31)32)9-10-24(22)29-26(25)19-5-2-1-3-6-19/h1-10,15-18H,11-14H2,(H,31,32). The molecule has 2 heterocycles. The van der Waals surface area contributed by atoms with Crippen molar-refractivity contribution in [3.05, 3.63) is 95.0 Å². The van der Waals surface area contributed by atoms with Crippen molar-refractivity contribution >= 4 is 34.2 Å². The lowest BCUT2D eigenvalue weighted by atomic mass is 9.89. The normalized spacial score (nSPS) is 14.6. The summed E-state index contributed by atoms with van der Waals surface area (Å²) in [5, 5.41) is 11.0. The van der Waals surface area contributed by atoms with E-state index in [9.17, 15) is 9.90 Å². The largest absolute Gasteiger partial charge is 0.478 e. The highest BCUT2D eigenvalue weighted by Gasteiger charge is 2.24. The van der Waals surface area contributed by atoms with E-state index in [-0.39, 0.29) is 5.56 Å². The quantitative estimate of drug-likeness (QED) is 0.385. The molecule has 5 rings (SSSR count). The van der Waals surface area contributed by atoms with E-state index >= 15 is 0 Å². The van der Waals surface area contributed by atoms with Crippen molar-refractivity contribution in [2.45, 2.75) is 18.8 Å². The van der Waals surface area contributed by atoms with E-state index in [1.165, 1.54) is 5.56 Å². The third-order valence-corrected chi connectivity index (χ3v) is 6.48. The molecule has 1 aromatic heterocycles. The highest BCUT2D eigenvalue weighted by Crippen LogP contribution is 2.37. The first-order chi connectivity index (χ1) is 15.6. The summed E-state index contributed by atoms with van der Waals surface area (Å²) in [5.74, 6) is -0.444. The number of nitrogens with zero attached hydrogens (tertiary/aromatic N) is 2. The van der Waals surface area contributed by atoms with Gasteiger partial charge in [0.05, 0.1) is 22.5 Å². The molecule has 32 heavy (non-hydrogen) atoms. The van der Waals surface area contributed by atoms with Gasteiger partial charge < -0.3 is 10.0 Å². The molecule has 1 fully saturated rings. The molecule has 0 atom stereocenters. The average Bonchev–Trinajstić information content (AvgIpc) is 2.83. The van der Waals surface area contributed by atoms with Crippen molar-refractivity contribution in [3.8, 4) is 11.3 Å². The summed E-state index contributed by atoms with van der Waals surface area (Å²) in [6.45, 7) is 1.81. The second-order valence-electron chi connectivity index (χ2n) is 8.25. The van der Waals surface area contributed by atoms with Gasteiger partial charge in [-0.25, -0.2) is 9.78 Å². The van der Waals surface area contributed by atoms with Crippen LogP contribution in [0, 0.1) is 0 Å². The van der Waals surface area contributed by atoms with Crippen molar-refractivity contribution < 1.29 is 9.90 Å². The van der Waals surface area contributed by atoms with Gasteiger partial charge in [0, 0.05) is 29.1 Å². The molecule has 4 aromatic rings. The second-order valence-corrected chi connectivity index (χ2v) is 8.69. The molecule has 0 spiro atoms. The Morgan fingerprint density at radius 3 is 2.44 bits per heavy atom. The van der Waals surface area contributed by atoms with Gasteiger partial charge in [-0.05, 0) is 60.7 Å². The van der Waals surface area contributed by atoms with Gasteiger partial charge in [0.1, 0.15) is 0 Å². The first kappa shape index (κ1) is 20.5. The maximum atomic E-state index is 11.5. The molecule has 0 saturated carbocycles. The van der Waals surface area contributed by atoms with E-state index in [0.717, 1.165) is 58.8 Å². The van der Waals surface area contributed by atoms with E-state index in [4.69, 9.17) is 16.6 Å². The van der Waals surface area contributed by atoms with Crippen LogP contribution in [0.3, 0.4) is 0 Å². The number of carbonyl (C=O) groups is 1. The average molecular weight is 443 g/mol. The lowest BCUT2D eigenvalue weighted by Crippen LogP contribution is -2.33. The predicted molar refractivity (Wildman–Crippen MR) is 130 cm³/mol. The number of benzene rings is 3. The van der Waals surface area contributed by atoms with Crippen LogP contribution >= 0.6 is 11.6 Å². The van der Waals surface area contributed by atoms with Crippen molar-refractivity contribution in [2.75, 3.05) is 18.0 Å². The highest BCUT2D eigenvalue weighted by molar-refractivity contribution is 6.30. The van der Waals surface area contributed by atoms with Gasteiger partial charge in [-0.15, -0.1) is 0 Å². The molecule has 4 nitrogen and oxygen atoms in total. The predicted octanol–water partition coefficient (Wildman–Crippen LogP) is 6.64. The van der Waals surface area contributed by atoms with Gasteiger partial charge >= 0.3 is 5.97 Å². The Kier molecular flexibility index (Phi) is 5.54. The fraction of sp³-hybridized carbons (Fsp3) is 0.185. The number of hydrogen-bond acceptors (Lipinski definition) is 3. The molecule has 0 bridgehead atoms. The number of fused-ring (bicyclic) bond motifs is 1. The molecule has 0 amide bonds. The summed E-state index contributed by atoms with van der Waals surface area (Å²) in [6.07, 6.45) is 2.06. The smallest absolute Gasteiger partial charge is 0.335 e. The van der Waals surface area contributed by atoms with Crippen molar-refractivity contribution in [3.63, 3.8) is 0 Å². The van der Waals surface area contributed by atoms with Crippen LogP contribution in [0.15, 0.2) is 78.9 Å². The molecular formula is C27H23ClN2O2. The molecule has 5 heteroatoms. The second kappa shape index (κ2) is 8.64. The Labute approximate surface area is 192 Å². The first-order valence-corrected chi connectivity index (χ1v) is 11.2. The molecule has 1 aliphatic rings. The van der Waals surface area contributed by atoms with Gasteiger partial charge in [-0.3, -0.25) is 0 Å². The van der Waals surface area contributed by atoms with E-state index in [2.05, 4.69) is 35.2 Å². The van der Waals surface area contributed by atoms with Crippen molar-refractivity contribution in [1.82, 2.24) is 4.98 Å². The van der Waals surface area contributed by atoms with Gasteiger partial charge in [-0.1, -0.05) is 54.1 Å². The maximum absolute atomic E-state index is 11.5. The van der Waals surface area contributed by atoms with E-state index in [0.29, 0.717) is 5.92 Å². The number of rotatable bonds is 4. The lowest BCUT2D eigenvalue weighted by molar-refractivity contribution is 0.0697. The zero-order valence-electron chi connectivity index (χ0n) is 17.5. The fourth-order valence-corrected chi connectivity index (χ4v) is 4.76. The third kappa shape index (κ3) is 4.06. The number of carboxylic acid groups (broad SMARTS) is 1. The Balaban J connectivity index is 1.52. The van der Waals surface area contributed by atoms with Crippen molar-refractivity contribution in [2.24, 2.45) is 0 Å². The molecule has 160 valence electrons. The van der Waals surface area contributed by atoms with Gasteiger partial charge in [0.15, 0.2) is 0 Å². The minimum atomic E-state index is -0.928. The van der Waals surface area contributed by atoms with Crippen LogP contribution in [-0.2, 0) is 0 Å². The molecule has 0 aliphatic carbocycles. The number of anilines is 1. The number of aromatic carboxylic acids is 1. The third-order valence-electron chi connectivity index (χ3n) is 6.24. The number of pyridine rings is 1. The van der Waals surface area contributed by atoms with Crippen LogP contribution in [0.25, 0.3) is 22.2 Å². The maximum Gasteiger partial charge on any atom is 0.335 e. The Bertz CT molecular complexity index is 1280. The van der Waals surface area contributed by atoms with Gasteiger partial charge in [0.2, 0.25) is 0 Å². The summed E-state index contributed by atoms with van der Waals surface area (Å²) < 4.78 is 0. The van der Waals surface area contributed by atoms with Gasteiger partial charge in [0.25, 0.3) is 0 Å². The van der Waals surface area contributed by atoms with Crippen LogP contribution < -0.4 is 4.90 Å². The van der Waals surface area contributed by atoms with E-state index in [1.54, 1.807) is 18.2 Å². The van der Waals surface area contributed by atoms with Gasteiger partial charge in [-0.2, -0.15) is 0 Å². The summed E-state index contributed by atoms with van der Waals surface area (Å²) in [6, 6.07) is 25.6. The zero-order valence-corrected chi connectivity index (χ0v) is 18.3. The van der Waals surface area contributed by atoms with Crippen LogP contribution in [-0.4, -0.2) is 29.1 Å². The lowest BCUT2D eigenvalue weighted by Gasteiger charge is -2.35. The first-order valence-electron chi connectivity index (χ1n) is 10.8.